The third kappa shape index (κ3) is 4.03. The SMILES string of the molecule is Cc1cccc2cccc(-c3ccc4c(N5CC6CCC(C5)N6)nc(OCC56CCCN5C[C@H](F)C6)nc4n3)c12. The van der Waals surface area contributed by atoms with Crippen molar-refractivity contribution in [1.82, 2.24) is 25.2 Å². The molecule has 4 aliphatic heterocycles. The first-order valence-electron chi connectivity index (χ1n) is 14.8. The molecule has 4 saturated heterocycles. The topological polar surface area (TPSA) is 66.4 Å². The van der Waals surface area contributed by atoms with E-state index in [1.165, 1.54) is 29.2 Å². The summed E-state index contributed by atoms with van der Waals surface area (Å²) in [6.45, 7) is 5.82. The number of fused-ring (bicyclic) bond motifs is 5. The average molecular weight is 539 g/mol. The summed E-state index contributed by atoms with van der Waals surface area (Å²) >= 11 is 0. The molecule has 8 heteroatoms. The van der Waals surface area contributed by atoms with Gasteiger partial charge in [-0.3, -0.25) is 4.90 Å². The van der Waals surface area contributed by atoms with Crippen LogP contribution in [0.1, 0.15) is 37.7 Å². The molecule has 4 atom stereocenters. The molecule has 7 nitrogen and oxygen atoms in total. The summed E-state index contributed by atoms with van der Waals surface area (Å²) in [4.78, 5) is 19.6. The van der Waals surface area contributed by atoms with Crippen LogP contribution in [0.4, 0.5) is 10.2 Å². The van der Waals surface area contributed by atoms with Gasteiger partial charge >= 0.3 is 6.01 Å². The Bertz CT molecular complexity index is 1590. The standard InChI is InChI=1S/C32H35FN6O/c1-20-5-2-6-21-7-3-8-25(28(20)21)27-12-11-26-29(35-27)36-31(37-30(26)38-17-23-9-10-24(18-38)34-23)40-19-32-13-4-14-39(32)16-22(33)15-32/h2-3,5-8,11-12,22-24,34H,4,9-10,13-19H2,1H3/t22-,23?,24?,32?/m1/s1. The van der Waals surface area contributed by atoms with Crippen molar-refractivity contribution in [3.8, 4) is 17.3 Å². The molecule has 4 fully saturated rings. The van der Waals surface area contributed by atoms with Gasteiger partial charge < -0.3 is 15.0 Å². The van der Waals surface area contributed by atoms with Gasteiger partial charge in [-0.05, 0) is 67.6 Å². The second-order valence-electron chi connectivity index (χ2n) is 12.3. The molecule has 4 aromatic rings. The van der Waals surface area contributed by atoms with Gasteiger partial charge in [0.25, 0.3) is 0 Å². The predicted molar refractivity (Wildman–Crippen MR) is 156 cm³/mol. The lowest BCUT2D eigenvalue weighted by molar-refractivity contribution is 0.107. The Balaban J connectivity index is 1.21. The van der Waals surface area contributed by atoms with Crippen LogP contribution in [0.15, 0.2) is 48.5 Å². The molecule has 2 aromatic heterocycles. The number of ether oxygens (including phenoxy) is 1. The lowest BCUT2D eigenvalue weighted by atomic mass is 9.95. The smallest absolute Gasteiger partial charge is 0.320 e. The number of rotatable bonds is 5. The van der Waals surface area contributed by atoms with Gasteiger partial charge in [0.05, 0.1) is 16.6 Å². The number of benzene rings is 2. The van der Waals surface area contributed by atoms with Crippen LogP contribution < -0.4 is 15.0 Å². The van der Waals surface area contributed by atoms with Crippen molar-refractivity contribution in [2.24, 2.45) is 0 Å². The Morgan fingerprint density at radius 3 is 2.67 bits per heavy atom. The van der Waals surface area contributed by atoms with Gasteiger partial charge in [-0.2, -0.15) is 9.97 Å². The van der Waals surface area contributed by atoms with Gasteiger partial charge in [-0.15, -0.1) is 0 Å². The third-order valence-electron chi connectivity index (χ3n) is 9.66. The number of alkyl halides is 1. The molecule has 6 heterocycles. The van der Waals surface area contributed by atoms with E-state index >= 15 is 0 Å². The van der Waals surface area contributed by atoms with Crippen molar-refractivity contribution in [3.63, 3.8) is 0 Å². The summed E-state index contributed by atoms with van der Waals surface area (Å²) in [5.74, 6) is 0.891. The Morgan fingerprint density at radius 1 is 1.00 bits per heavy atom. The molecule has 2 aromatic carbocycles. The van der Waals surface area contributed by atoms with Crippen LogP contribution in [0.5, 0.6) is 6.01 Å². The van der Waals surface area contributed by atoms with E-state index in [2.05, 4.69) is 70.6 Å². The van der Waals surface area contributed by atoms with E-state index < -0.39 is 6.17 Å². The first-order valence-corrected chi connectivity index (χ1v) is 14.8. The van der Waals surface area contributed by atoms with Crippen molar-refractivity contribution >= 4 is 27.6 Å². The van der Waals surface area contributed by atoms with E-state index in [1.807, 2.05) is 0 Å². The summed E-state index contributed by atoms with van der Waals surface area (Å²) in [5.41, 5.74) is 3.61. The highest BCUT2D eigenvalue weighted by Crippen LogP contribution is 2.41. The van der Waals surface area contributed by atoms with Gasteiger partial charge in [-0.25, -0.2) is 9.37 Å². The molecule has 0 aliphatic carbocycles. The Hall–Kier alpha value is -3.36. The minimum Gasteiger partial charge on any atom is -0.461 e. The van der Waals surface area contributed by atoms with E-state index in [0.29, 0.717) is 43.3 Å². The molecular weight excluding hydrogens is 503 g/mol. The Kier molecular flexibility index (Phi) is 5.71. The monoisotopic (exact) mass is 538 g/mol. The number of anilines is 1. The zero-order chi connectivity index (χ0) is 26.8. The highest BCUT2D eigenvalue weighted by molar-refractivity contribution is 5.99. The molecule has 0 amide bonds. The molecule has 1 N–H and O–H groups in total. The second kappa shape index (κ2) is 9.35. The van der Waals surface area contributed by atoms with Gasteiger partial charge in [-0.1, -0.05) is 36.4 Å². The number of pyridine rings is 1. The van der Waals surface area contributed by atoms with Crippen LogP contribution in [0.2, 0.25) is 0 Å². The van der Waals surface area contributed by atoms with E-state index in [9.17, 15) is 4.39 Å². The molecule has 0 spiro atoms. The molecule has 206 valence electrons. The molecular formula is C32H35FN6O. The first kappa shape index (κ1) is 24.4. The normalized spacial score (nSPS) is 28.1. The molecule has 8 rings (SSSR count). The minimum atomic E-state index is -0.790. The van der Waals surface area contributed by atoms with Crippen molar-refractivity contribution in [2.45, 2.75) is 62.8 Å². The summed E-state index contributed by atoms with van der Waals surface area (Å²) in [7, 11) is 0. The largest absolute Gasteiger partial charge is 0.461 e. The summed E-state index contributed by atoms with van der Waals surface area (Å²) in [6, 6.07) is 18.3. The summed E-state index contributed by atoms with van der Waals surface area (Å²) in [6.07, 6.45) is 4.16. The highest BCUT2D eigenvalue weighted by atomic mass is 19.1. The quantitative estimate of drug-likeness (QED) is 0.382. The summed E-state index contributed by atoms with van der Waals surface area (Å²) in [5, 5.41) is 7.08. The van der Waals surface area contributed by atoms with E-state index in [1.54, 1.807) is 0 Å². The second-order valence-corrected chi connectivity index (χ2v) is 12.3. The van der Waals surface area contributed by atoms with Gasteiger partial charge in [0, 0.05) is 43.7 Å². The number of halogens is 1. The lowest BCUT2D eigenvalue weighted by Crippen LogP contribution is -2.51. The fraction of sp³-hybridized carbons (Fsp3) is 0.469. The average Bonchev–Trinajstić information content (AvgIpc) is 3.61. The van der Waals surface area contributed by atoms with Crippen LogP contribution >= 0.6 is 0 Å². The van der Waals surface area contributed by atoms with Gasteiger partial charge in [0.15, 0.2) is 5.65 Å². The van der Waals surface area contributed by atoms with Crippen LogP contribution in [-0.4, -0.2) is 76.4 Å². The van der Waals surface area contributed by atoms with Crippen LogP contribution in [-0.2, 0) is 0 Å². The number of hydrogen-bond donors (Lipinski definition) is 1. The Morgan fingerprint density at radius 2 is 1.82 bits per heavy atom. The number of aryl methyl sites for hydroxylation is 1. The van der Waals surface area contributed by atoms with Gasteiger partial charge in [0.2, 0.25) is 0 Å². The molecule has 0 radical (unpaired) electrons. The van der Waals surface area contributed by atoms with Gasteiger partial charge in [0.1, 0.15) is 18.6 Å². The zero-order valence-electron chi connectivity index (χ0n) is 22.9. The Labute approximate surface area is 233 Å². The zero-order valence-corrected chi connectivity index (χ0v) is 22.9. The van der Waals surface area contributed by atoms with E-state index in [-0.39, 0.29) is 5.54 Å². The van der Waals surface area contributed by atoms with Crippen LogP contribution in [0.25, 0.3) is 33.1 Å². The number of aromatic nitrogens is 3. The van der Waals surface area contributed by atoms with E-state index in [4.69, 9.17) is 19.7 Å². The van der Waals surface area contributed by atoms with Crippen molar-refractivity contribution in [2.75, 3.05) is 37.7 Å². The van der Waals surface area contributed by atoms with Crippen molar-refractivity contribution in [3.05, 3.63) is 54.1 Å². The maximum Gasteiger partial charge on any atom is 0.320 e. The van der Waals surface area contributed by atoms with Crippen molar-refractivity contribution < 1.29 is 9.13 Å². The minimum absolute atomic E-state index is 0.248. The number of nitrogens with zero attached hydrogens (tertiary/aromatic N) is 5. The fourth-order valence-electron chi connectivity index (χ4n) is 7.79. The number of hydrogen-bond acceptors (Lipinski definition) is 7. The van der Waals surface area contributed by atoms with Crippen LogP contribution in [0, 0.1) is 6.92 Å². The number of piperazine rings is 1. The lowest BCUT2D eigenvalue weighted by Gasteiger charge is -2.34. The molecule has 40 heavy (non-hydrogen) atoms. The number of nitrogens with one attached hydrogen (secondary N) is 1. The molecule has 3 unspecified atom stereocenters. The summed E-state index contributed by atoms with van der Waals surface area (Å²) < 4.78 is 20.8. The molecule has 0 saturated carbocycles. The predicted octanol–water partition coefficient (Wildman–Crippen LogP) is 5.05. The molecule has 4 aliphatic rings. The maximum absolute atomic E-state index is 14.4. The highest BCUT2D eigenvalue weighted by Gasteiger charge is 2.49. The van der Waals surface area contributed by atoms with Crippen molar-refractivity contribution in [1.29, 1.82) is 0 Å². The fourth-order valence-corrected chi connectivity index (χ4v) is 7.79. The maximum atomic E-state index is 14.4. The third-order valence-corrected chi connectivity index (χ3v) is 9.66. The van der Waals surface area contributed by atoms with E-state index in [0.717, 1.165) is 54.9 Å². The van der Waals surface area contributed by atoms with Crippen LogP contribution in [0.3, 0.4) is 0 Å². The first-order chi connectivity index (χ1) is 19.5. The molecule has 2 bridgehead atoms.